The number of hydrogen-bond acceptors (Lipinski definition) is 4. The highest BCUT2D eigenvalue weighted by molar-refractivity contribution is 9.10. The standard InChI is InChI=1S/C10H8BrClN2O2/c1-16-10(15)9(5-13)14-6-2-3-8(12)7(11)4-6/h2-4,9,14H,1H3. The van der Waals surface area contributed by atoms with Gasteiger partial charge >= 0.3 is 5.97 Å². The number of nitrogens with one attached hydrogen (secondary N) is 1. The molecule has 84 valence electrons. The number of halogens is 2. The molecule has 1 atom stereocenters. The highest BCUT2D eigenvalue weighted by Gasteiger charge is 2.17. The fraction of sp³-hybridized carbons (Fsp3) is 0.200. The summed E-state index contributed by atoms with van der Waals surface area (Å²) in [7, 11) is 1.23. The van der Waals surface area contributed by atoms with Crippen LogP contribution in [0, 0.1) is 11.3 Å². The van der Waals surface area contributed by atoms with E-state index in [1.807, 2.05) is 0 Å². The van der Waals surface area contributed by atoms with Crippen molar-refractivity contribution in [1.82, 2.24) is 0 Å². The second kappa shape index (κ2) is 5.73. The van der Waals surface area contributed by atoms with Crippen LogP contribution in [0.1, 0.15) is 0 Å². The number of methoxy groups -OCH3 is 1. The molecule has 0 saturated heterocycles. The Kier molecular flexibility index (Phi) is 4.59. The number of ether oxygens (including phenoxy) is 1. The Bertz CT molecular complexity index is 445. The molecule has 1 aromatic rings. The van der Waals surface area contributed by atoms with Gasteiger partial charge in [-0.1, -0.05) is 11.6 Å². The summed E-state index contributed by atoms with van der Waals surface area (Å²) < 4.78 is 5.15. The third-order valence-electron chi connectivity index (χ3n) is 1.80. The molecule has 0 heterocycles. The fourth-order valence-electron chi connectivity index (χ4n) is 1.01. The van der Waals surface area contributed by atoms with Crippen molar-refractivity contribution in [3.05, 3.63) is 27.7 Å². The van der Waals surface area contributed by atoms with Gasteiger partial charge in [0.15, 0.2) is 0 Å². The van der Waals surface area contributed by atoms with E-state index in [0.29, 0.717) is 15.2 Å². The monoisotopic (exact) mass is 302 g/mol. The Hall–Kier alpha value is -1.25. The van der Waals surface area contributed by atoms with Crippen LogP contribution in [0.3, 0.4) is 0 Å². The highest BCUT2D eigenvalue weighted by atomic mass is 79.9. The molecule has 0 aromatic heterocycles. The first kappa shape index (κ1) is 12.8. The predicted molar refractivity (Wildman–Crippen MR) is 64.2 cm³/mol. The van der Waals surface area contributed by atoms with Gasteiger partial charge in [0.25, 0.3) is 0 Å². The molecule has 1 unspecified atom stereocenters. The Balaban J connectivity index is 2.83. The van der Waals surface area contributed by atoms with Gasteiger partial charge in [0.05, 0.1) is 18.2 Å². The molecular weight excluding hydrogens is 295 g/mol. The van der Waals surface area contributed by atoms with E-state index in [4.69, 9.17) is 16.9 Å². The van der Waals surface area contributed by atoms with Gasteiger partial charge in [0.1, 0.15) is 0 Å². The normalized spacial score (nSPS) is 11.4. The Morgan fingerprint density at radius 3 is 2.88 bits per heavy atom. The second-order valence-electron chi connectivity index (χ2n) is 2.86. The van der Waals surface area contributed by atoms with Crippen molar-refractivity contribution in [2.45, 2.75) is 6.04 Å². The number of rotatable bonds is 3. The summed E-state index contributed by atoms with van der Waals surface area (Å²) in [6.45, 7) is 0. The number of carbonyl (C=O) groups excluding carboxylic acids is 1. The quantitative estimate of drug-likeness (QED) is 0.872. The third kappa shape index (κ3) is 3.12. The lowest BCUT2D eigenvalue weighted by molar-refractivity contribution is -0.140. The molecule has 0 bridgehead atoms. The molecule has 1 N–H and O–H groups in total. The van der Waals surface area contributed by atoms with Gasteiger partial charge in [-0.3, -0.25) is 0 Å². The molecule has 6 heteroatoms. The van der Waals surface area contributed by atoms with E-state index in [1.54, 1.807) is 24.3 Å². The van der Waals surface area contributed by atoms with Crippen LogP contribution in [0.4, 0.5) is 5.69 Å². The first-order valence-corrected chi connectivity index (χ1v) is 5.44. The number of hydrogen-bond donors (Lipinski definition) is 1. The van der Waals surface area contributed by atoms with Crippen LogP contribution in [-0.2, 0) is 9.53 Å². The number of nitriles is 1. The van der Waals surface area contributed by atoms with Crippen LogP contribution in [-0.4, -0.2) is 19.1 Å². The zero-order valence-corrected chi connectivity index (χ0v) is 10.7. The summed E-state index contributed by atoms with van der Waals surface area (Å²) >= 11 is 9.05. The lowest BCUT2D eigenvalue weighted by Gasteiger charge is -2.11. The van der Waals surface area contributed by atoms with Gasteiger partial charge in [-0.2, -0.15) is 5.26 Å². The number of benzene rings is 1. The minimum atomic E-state index is -1.03. The van der Waals surface area contributed by atoms with Crippen molar-refractivity contribution in [3.63, 3.8) is 0 Å². The van der Waals surface area contributed by atoms with Crippen molar-refractivity contribution < 1.29 is 9.53 Å². The van der Waals surface area contributed by atoms with Crippen LogP contribution in [0.2, 0.25) is 5.02 Å². The highest BCUT2D eigenvalue weighted by Crippen LogP contribution is 2.25. The topological polar surface area (TPSA) is 62.1 Å². The molecular formula is C10H8BrClN2O2. The van der Waals surface area contributed by atoms with Crippen LogP contribution >= 0.6 is 27.5 Å². The first-order valence-electron chi connectivity index (χ1n) is 4.27. The lowest BCUT2D eigenvalue weighted by Crippen LogP contribution is -2.28. The van der Waals surface area contributed by atoms with Gasteiger partial charge in [0.2, 0.25) is 6.04 Å². The van der Waals surface area contributed by atoms with E-state index in [9.17, 15) is 4.79 Å². The summed E-state index contributed by atoms with van der Waals surface area (Å²) in [6.07, 6.45) is 0. The van der Waals surface area contributed by atoms with Crippen molar-refractivity contribution in [1.29, 1.82) is 5.26 Å². The maximum atomic E-state index is 11.2. The second-order valence-corrected chi connectivity index (χ2v) is 4.12. The van der Waals surface area contributed by atoms with Crippen molar-refractivity contribution >= 4 is 39.2 Å². The molecule has 0 amide bonds. The Labute approximate surface area is 106 Å². The van der Waals surface area contributed by atoms with Crippen LogP contribution in [0.5, 0.6) is 0 Å². The SMILES string of the molecule is COC(=O)C(C#N)Nc1ccc(Cl)c(Br)c1. The van der Waals surface area contributed by atoms with E-state index in [1.165, 1.54) is 7.11 Å². The zero-order chi connectivity index (χ0) is 12.1. The molecule has 1 aromatic carbocycles. The van der Waals surface area contributed by atoms with Gasteiger partial charge in [-0.25, -0.2) is 4.79 Å². The number of nitrogens with zero attached hydrogens (tertiary/aromatic N) is 1. The number of esters is 1. The summed E-state index contributed by atoms with van der Waals surface area (Å²) in [5.74, 6) is -0.631. The van der Waals surface area contributed by atoms with Gasteiger partial charge in [0, 0.05) is 10.2 Å². The number of anilines is 1. The summed E-state index contributed by atoms with van der Waals surface area (Å²) in [5, 5.41) is 12.0. The molecule has 0 spiro atoms. The molecule has 1 rings (SSSR count). The lowest BCUT2D eigenvalue weighted by atomic mass is 10.2. The van der Waals surface area contributed by atoms with E-state index in [2.05, 4.69) is 26.0 Å². The molecule has 16 heavy (non-hydrogen) atoms. The third-order valence-corrected chi connectivity index (χ3v) is 3.01. The maximum Gasteiger partial charge on any atom is 0.343 e. The molecule has 0 saturated carbocycles. The number of carbonyl (C=O) groups is 1. The smallest absolute Gasteiger partial charge is 0.343 e. The zero-order valence-electron chi connectivity index (χ0n) is 8.33. The fourth-order valence-corrected chi connectivity index (χ4v) is 1.51. The molecule has 0 aliphatic rings. The molecule has 4 nitrogen and oxygen atoms in total. The molecule has 0 fully saturated rings. The van der Waals surface area contributed by atoms with E-state index in [-0.39, 0.29) is 0 Å². The summed E-state index contributed by atoms with van der Waals surface area (Å²) in [6, 6.07) is 5.77. The van der Waals surface area contributed by atoms with Crippen LogP contribution in [0.15, 0.2) is 22.7 Å². The van der Waals surface area contributed by atoms with Crippen LogP contribution < -0.4 is 5.32 Å². The van der Waals surface area contributed by atoms with E-state index >= 15 is 0 Å². The average Bonchev–Trinajstić information content (AvgIpc) is 2.29. The molecule has 0 radical (unpaired) electrons. The average molecular weight is 304 g/mol. The molecule has 0 aliphatic carbocycles. The predicted octanol–water partition coefficient (Wildman–Crippen LogP) is 2.58. The van der Waals surface area contributed by atoms with Crippen LogP contribution in [0.25, 0.3) is 0 Å². The largest absolute Gasteiger partial charge is 0.467 e. The van der Waals surface area contributed by atoms with Crippen molar-refractivity contribution in [2.75, 3.05) is 12.4 Å². The maximum absolute atomic E-state index is 11.2. The van der Waals surface area contributed by atoms with Crippen molar-refractivity contribution in [3.8, 4) is 6.07 Å². The minimum absolute atomic E-state index is 0.553. The van der Waals surface area contributed by atoms with Gasteiger partial charge < -0.3 is 10.1 Å². The molecule has 0 aliphatic heterocycles. The first-order chi connectivity index (χ1) is 7.58. The summed E-state index contributed by atoms with van der Waals surface area (Å²) in [4.78, 5) is 11.2. The van der Waals surface area contributed by atoms with E-state index < -0.39 is 12.0 Å². The summed E-state index contributed by atoms with van der Waals surface area (Å²) in [5.41, 5.74) is 0.605. The van der Waals surface area contributed by atoms with Gasteiger partial charge in [-0.05, 0) is 34.1 Å². The van der Waals surface area contributed by atoms with Gasteiger partial charge in [-0.15, -0.1) is 0 Å². The Morgan fingerprint density at radius 1 is 1.69 bits per heavy atom. The Morgan fingerprint density at radius 2 is 2.38 bits per heavy atom. The van der Waals surface area contributed by atoms with E-state index in [0.717, 1.165) is 0 Å². The van der Waals surface area contributed by atoms with Crippen molar-refractivity contribution in [2.24, 2.45) is 0 Å². The minimum Gasteiger partial charge on any atom is -0.467 e.